The average Bonchev–Trinajstić information content (AvgIpc) is 2.97. The molecule has 1 heterocycles. The van der Waals surface area contributed by atoms with E-state index in [1.54, 1.807) is 17.4 Å². The van der Waals surface area contributed by atoms with Gasteiger partial charge in [0.05, 0.1) is 11.0 Å². The second-order valence-corrected chi connectivity index (χ2v) is 6.31. The topological polar surface area (TPSA) is 55.2 Å². The van der Waals surface area contributed by atoms with Crippen molar-refractivity contribution in [3.05, 3.63) is 56.3 Å². The number of benzene rings is 1. The molecule has 0 saturated heterocycles. The second-order valence-electron chi connectivity index (χ2n) is 5.34. The minimum Gasteiger partial charge on any atom is -0.377 e. The van der Waals surface area contributed by atoms with Crippen LogP contribution in [0.3, 0.4) is 0 Å². The standard InChI is InChI=1S/C16H20N2O2S/c1-4-12-7-8-13(10-14(12)18(19)20)17-16(11(2)3)15-6-5-9-21-15/h5-11,16-17H,4H2,1-3H3. The van der Waals surface area contributed by atoms with E-state index in [0.29, 0.717) is 12.3 Å². The van der Waals surface area contributed by atoms with Crippen molar-refractivity contribution in [3.8, 4) is 0 Å². The van der Waals surface area contributed by atoms with Crippen molar-refractivity contribution in [2.45, 2.75) is 33.2 Å². The van der Waals surface area contributed by atoms with Crippen LogP contribution in [0.25, 0.3) is 0 Å². The molecule has 0 bridgehead atoms. The highest BCUT2D eigenvalue weighted by Gasteiger charge is 2.19. The monoisotopic (exact) mass is 304 g/mol. The fourth-order valence-electron chi connectivity index (χ4n) is 2.34. The summed E-state index contributed by atoms with van der Waals surface area (Å²) in [5, 5.41) is 16.6. The molecule has 0 aliphatic carbocycles. The summed E-state index contributed by atoms with van der Waals surface area (Å²) in [7, 11) is 0. The van der Waals surface area contributed by atoms with E-state index in [4.69, 9.17) is 0 Å². The Labute approximate surface area is 129 Å². The van der Waals surface area contributed by atoms with Gasteiger partial charge in [-0.3, -0.25) is 10.1 Å². The highest BCUT2D eigenvalue weighted by Crippen LogP contribution is 2.31. The fraction of sp³-hybridized carbons (Fsp3) is 0.375. The van der Waals surface area contributed by atoms with Crippen molar-refractivity contribution in [2.75, 3.05) is 5.32 Å². The molecule has 0 fully saturated rings. The molecule has 0 aliphatic heterocycles. The molecule has 0 aliphatic rings. The summed E-state index contributed by atoms with van der Waals surface area (Å²) in [6, 6.07) is 9.69. The van der Waals surface area contributed by atoms with Crippen molar-refractivity contribution in [3.63, 3.8) is 0 Å². The predicted molar refractivity (Wildman–Crippen MR) is 88.0 cm³/mol. The molecule has 112 valence electrons. The van der Waals surface area contributed by atoms with E-state index >= 15 is 0 Å². The van der Waals surface area contributed by atoms with E-state index < -0.39 is 0 Å². The van der Waals surface area contributed by atoms with E-state index in [2.05, 4.69) is 30.6 Å². The molecule has 2 aromatic rings. The van der Waals surface area contributed by atoms with Crippen molar-refractivity contribution >= 4 is 22.7 Å². The minimum absolute atomic E-state index is 0.164. The number of anilines is 1. The molecule has 1 aromatic heterocycles. The quantitative estimate of drug-likeness (QED) is 0.601. The first-order valence-corrected chi connectivity index (χ1v) is 7.98. The molecule has 1 aromatic carbocycles. The van der Waals surface area contributed by atoms with Gasteiger partial charge in [0, 0.05) is 22.2 Å². The Hall–Kier alpha value is -1.88. The number of nitrogens with one attached hydrogen (secondary N) is 1. The van der Waals surface area contributed by atoms with Gasteiger partial charge < -0.3 is 5.32 Å². The molecular formula is C16H20N2O2S. The number of nitro groups is 1. The van der Waals surface area contributed by atoms with Crippen LogP contribution in [0.5, 0.6) is 0 Å². The third kappa shape index (κ3) is 3.61. The first-order chi connectivity index (χ1) is 10.0. The van der Waals surface area contributed by atoms with Crippen LogP contribution in [-0.2, 0) is 6.42 Å². The predicted octanol–water partition coefficient (Wildman–Crippen LogP) is 5.03. The van der Waals surface area contributed by atoms with Gasteiger partial charge in [0.25, 0.3) is 5.69 Å². The van der Waals surface area contributed by atoms with E-state index in [1.807, 2.05) is 25.1 Å². The van der Waals surface area contributed by atoms with Gasteiger partial charge in [-0.15, -0.1) is 11.3 Å². The highest BCUT2D eigenvalue weighted by atomic mass is 32.1. The molecule has 1 N–H and O–H groups in total. The first-order valence-electron chi connectivity index (χ1n) is 7.10. The van der Waals surface area contributed by atoms with Crippen LogP contribution in [0.1, 0.15) is 37.3 Å². The molecule has 5 heteroatoms. The lowest BCUT2D eigenvalue weighted by Crippen LogP contribution is -2.15. The molecule has 0 radical (unpaired) electrons. The van der Waals surface area contributed by atoms with E-state index in [1.165, 1.54) is 4.88 Å². The molecule has 2 rings (SSSR count). The average molecular weight is 304 g/mol. The van der Waals surface area contributed by atoms with Crippen LogP contribution in [-0.4, -0.2) is 4.92 Å². The lowest BCUT2D eigenvalue weighted by Gasteiger charge is -2.22. The Morgan fingerprint density at radius 2 is 2.10 bits per heavy atom. The van der Waals surface area contributed by atoms with Crippen molar-refractivity contribution in [1.82, 2.24) is 0 Å². The maximum atomic E-state index is 11.2. The Bertz CT molecular complexity index is 609. The van der Waals surface area contributed by atoms with Gasteiger partial charge in [-0.1, -0.05) is 32.9 Å². The Kier molecular flexibility index (Phi) is 4.96. The van der Waals surface area contributed by atoms with Crippen LogP contribution in [0, 0.1) is 16.0 Å². The second kappa shape index (κ2) is 6.72. The zero-order valence-corrected chi connectivity index (χ0v) is 13.3. The third-order valence-corrected chi connectivity index (χ3v) is 4.46. The van der Waals surface area contributed by atoms with Gasteiger partial charge >= 0.3 is 0 Å². The normalized spacial score (nSPS) is 12.4. The van der Waals surface area contributed by atoms with Gasteiger partial charge in [0.1, 0.15) is 0 Å². The summed E-state index contributed by atoms with van der Waals surface area (Å²) in [5.74, 6) is 0.397. The zero-order valence-electron chi connectivity index (χ0n) is 12.5. The maximum Gasteiger partial charge on any atom is 0.274 e. The minimum atomic E-state index is -0.306. The Morgan fingerprint density at radius 1 is 1.33 bits per heavy atom. The number of rotatable bonds is 6. The fourth-order valence-corrected chi connectivity index (χ4v) is 3.29. The molecule has 21 heavy (non-hydrogen) atoms. The van der Waals surface area contributed by atoms with Gasteiger partial charge in [-0.05, 0) is 29.9 Å². The largest absolute Gasteiger partial charge is 0.377 e. The van der Waals surface area contributed by atoms with Crippen LogP contribution < -0.4 is 5.32 Å². The summed E-state index contributed by atoms with van der Waals surface area (Å²) < 4.78 is 0. The lowest BCUT2D eigenvalue weighted by molar-refractivity contribution is -0.385. The number of aryl methyl sites for hydroxylation is 1. The molecule has 0 spiro atoms. The Morgan fingerprint density at radius 3 is 2.62 bits per heavy atom. The van der Waals surface area contributed by atoms with Gasteiger partial charge in [-0.25, -0.2) is 0 Å². The molecule has 0 saturated carbocycles. The zero-order chi connectivity index (χ0) is 15.4. The third-order valence-electron chi connectivity index (χ3n) is 3.50. The van der Waals surface area contributed by atoms with Gasteiger partial charge in [-0.2, -0.15) is 0 Å². The summed E-state index contributed by atoms with van der Waals surface area (Å²) in [6.07, 6.45) is 0.662. The molecule has 1 unspecified atom stereocenters. The summed E-state index contributed by atoms with van der Waals surface area (Å²) in [4.78, 5) is 12.1. The van der Waals surface area contributed by atoms with Crippen LogP contribution in [0.4, 0.5) is 11.4 Å². The Balaban J connectivity index is 2.29. The summed E-state index contributed by atoms with van der Waals surface area (Å²) >= 11 is 1.70. The number of hydrogen-bond acceptors (Lipinski definition) is 4. The smallest absolute Gasteiger partial charge is 0.274 e. The van der Waals surface area contributed by atoms with Crippen molar-refractivity contribution < 1.29 is 4.92 Å². The maximum absolute atomic E-state index is 11.2. The number of nitrogens with zero attached hydrogens (tertiary/aromatic N) is 1. The first kappa shape index (κ1) is 15.5. The lowest BCUT2D eigenvalue weighted by atomic mass is 10.0. The van der Waals surface area contributed by atoms with Gasteiger partial charge in [0.15, 0.2) is 0 Å². The molecule has 0 amide bonds. The van der Waals surface area contributed by atoms with E-state index in [9.17, 15) is 10.1 Å². The van der Waals surface area contributed by atoms with Crippen LogP contribution in [0.15, 0.2) is 35.7 Å². The van der Waals surface area contributed by atoms with Crippen LogP contribution >= 0.6 is 11.3 Å². The summed E-state index contributed by atoms with van der Waals surface area (Å²) in [6.45, 7) is 6.22. The van der Waals surface area contributed by atoms with E-state index in [0.717, 1.165) is 11.3 Å². The SMILES string of the molecule is CCc1ccc(NC(c2cccs2)C(C)C)cc1[N+](=O)[O-]. The highest BCUT2D eigenvalue weighted by molar-refractivity contribution is 7.10. The molecule has 4 nitrogen and oxygen atoms in total. The van der Waals surface area contributed by atoms with Crippen LogP contribution in [0.2, 0.25) is 0 Å². The summed E-state index contributed by atoms with van der Waals surface area (Å²) in [5.41, 5.74) is 1.75. The number of nitro benzene ring substituents is 1. The van der Waals surface area contributed by atoms with E-state index in [-0.39, 0.29) is 16.7 Å². The van der Waals surface area contributed by atoms with Gasteiger partial charge in [0.2, 0.25) is 0 Å². The van der Waals surface area contributed by atoms with Crippen molar-refractivity contribution in [1.29, 1.82) is 0 Å². The molecule has 1 atom stereocenters. The number of hydrogen-bond donors (Lipinski definition) is 1. The van der Waals surface area contributed by atoms with Crippen molar-refractivity contribution in [2.24, 2.45) is 5.92 Å². The number of thiophene rings is 1. The molecular weight excluding hydrogens is 284 g/mol.